The van der Waals surface area contributed by atoms with Crippen molar-refractivity contribution in [2.24, 2.45) is 0 Å². The first kappa shape index (κ1) is 14.2. The van der Waals surface area contributed by atoms with Crippen molar-refractivity contribution in [3.8, 4) is 5.75 Å². The molecule has 2 aromatic carbocycles. The lowest BCUT2D eigenvalue weighted by Gasteiger charge is -2.28. The van der Waals surface area contributed by atoms with E-state index in [4.69, 9.17) is 4.74 Å². The molecule has 0 saturated carbocycles. The van der Waals surface area contributed by atoms with Gasteiger partial charge in [0, 0.05) is 22.6 Å². The summed E-state index contributed by atoms with van der Waals surface area (Å²) < 4.78 is 30.9. The third-order valence-electron chi connectivity index (χ3n) is 3.39. The first-order valence-electron chi connectivity index (χ1n) is 6.76. The second-order valence-corrected chi connectivity index (χ2v) is 5.78. The average Bonchev–Trinajstić information content (AvgIpc) is 2.49. The van der Waals surface area contributed by atoms with Crippen LogP contribution < -0.4 is 10.1 Å². The van der Waals surface area contributed by atoms with Crippen LogP contribution in [0.3, 0.4) is 0 Å². The largest absolute Gasteiger partial charge is 0.493 e. The molecule has 3 rings (SSSR count). The van der Waals surface area contributed by atoms with E-state index in [1.165, 1.54) is 0 Å². The van der Waals surface area contributed by atoms with Gasteiger partial charge < -0.3 is 10.1 Å². The van der Waals surface area contributed by atoms with Gasteiger partial charge in [-0.3, -0.25) is 0 Å². The van der Waals surface area contributed by atoms with E-state index in [0.717, 1.165) is 23.4 Å². The molecule has 0 spiro atoms. The van der Waals surface area contributed by atoms with Crippen molar-refractivity contribution >= 4 is 17.4 Å². The number of benzene rings is 2. The smallest absolute Gasteiger partial charge is 0.288 e. The minimum absolute atomic E-state index is 0.0781. The van der Waals surface area contributed by atoms with Crippen LogP contribution in [-0.4, -0.2) is 12.4 Å². The Morgan fingerprint density at radius 3 is 2.71 bits per heavy atom. The molecule has 5 heteroatoms. The Hall–Kier alpha value is -1.75. The van der Waals surface area contributed by atoms with Crippen LogP contribution in [0.4, 0.5) is 14.5 Å². The summed E-state index contributed by atoms with van der Waals surface area (Å²) in [7, 11) is 0. The van der Waals surface area contributed by atoms with Gasteiger partial charge in [-0.1, -0.05) is 42.1 Å². The van der Waals surface area contributed by atoms with E-state index >= 15 is 0 Å². The molecule has 0 bridgehead atoms. The topological polar surface area (TPSA) is 21.3 Å². The summed E-state index contributed by atoms with van der Waals surface area (Å²) in [6.07, 6.45) is 0.810. The third-order valence-corrected chi connectivity index (χ3v) is 4.18. The van der Waals surface area contributed by atoms with E-state index in [-0.39, 0.29) is 6.04 Å². The van der Waals surface area contributed by atoms with Crippen molar-refractivity contribution in [1.82, 2.24) is 0 Å². The highest BCUT2D eigenvalue weighted by Crippen LogP contribution is 2.37. The fourth-order valence-corrected chi connectivity index (χ4v) is 3.07. The first-order chi connectivity index (χ1) is 10.2. The van der Waals surface area contributed by atoms with E-state index in [2.05, 4.69) is 5.32 Å². The molecule has 0 amide bonds. The van der Waals surface area contributed by atoms with Gasteiger partial charge in [-0.05, 0) is 18.2 Å². The summed E-state index contributed by atoms with van der Waals surface area (Å²) in [6, 6.07) is 15.1. The monoisotopic (exact) mass is 307 g/mol. The number of thioether (sulfide) groups is 1. The van der Waals surface area contributed by atoms with E-state index in [1.54, 1.807) is 12.1 Å². The first-order valence-corrected chi connectivity index (χ1v) is 7.64. The number of para-hydroxylation sites is 2. The van der Waals surface area contributed by atoms with Crippen LogP contribution in [-0.2, 0) is 0 Å². The fourth-order valence-electron chi connectivity index (χ4n) is 2.46. The molecule has 0 aromatic heterocycles. The quantitative estimate of drug-likeness (QED) is 0.809. The van der Waals surface area contributed by atoms with Crippen molar-refractivity contribution in [3.05, 3.63) is 54.1 Å². The molecule has 0 aliphatic carbocycles. The summed E-state index contributed by atoms with van der Waals surface area (Å²) in [5.41, 5.74) is 1.81. The second-order valence-electron chi connectivity index (χ2n) is 4.75. The lowest BCUT2D eigenvalue weighted by Crippen LogP contribution is -2.20. The van der Waals surface area contributed by atoms with Gasteiger partial charge in [0.1, 0.15) is 5.75 Å². The molecule has 2 aromatic rings. The molecule has 21 heavy (non-hydrogen) atoms. The Labute approximate surface area is 126 Å². The Balaban J connectivity index is 1.85. The molecule has 110 valence electrons. The molecule has 2 nitrogen and oxygen atoms in total. The molecule has 1 atom stereocenters. The predicted octanol–water partition coefficient (Wildman–Crippen LogP) is 4.94. The summed E-state index contributed by atoms with van der Waals surface area (Å²) in [5, 5.41) is 3.38. The molecule has 0 radical (unpaired) electrons. The van der Waals surface area contributed by atoms with E-state index in [9.17, 15) is 8.78 Å². The van der Waals surface area contributed by atoms with Gasteiger partial charge in [0.05, 0.1) is 12.6 Å². The highest BCUT2D eigenvalue weighted by atomic mass is 32.2. The number of ether oxygens (including phenoxy) is 1. The van der Waals surface area contributed by atoms with Crippen LogP contribution in [0.25, 0.3) is 0 Å². The van der Waals surface area contributed by atoms with Gasteiger partial charge in [-0.25, -0.2) is 0 Å². The van der Waals surface area contributed by atoms with E-state index < -0.39 is 5.76 Å². The summed E-state index contributed by atoms with van der Waals surface area (Å²) in [6.45, 7) is 0.624. The number of hydrogen-bond donors (Lipinski definition) is 1. The second kappa shape index (κ2) is 6.35. The van der Waals surface area contributed by atoms with Crippen molar-refractivity contribution < 1.29 is 13.5 Å². The minimum Gasteiger partial charge on any atom is -0.493 e. The number of hydrogen-bond acceptors (Lipinski definition) is 3. The van der Waals surface area contributed by atoms with Gasteiger partial charge in [-0.2, -0.15) is 8.78 Å². The Morgan fingerprint density at radius 2 is 1.86 bits per heavy atom. The van der Waals surface area contributed by atoms with Gasteiger partial charge in [0.25, 0.3) is 5.76 Å². The Morgan fingerprint density at radius 1 is 1.10 bits per heavy atom. The van der Waals surface area contributed by atoms with Crippen molar-refractivity contribution in [1.29, 1.82) is 0 Å². The Kier molecular flexibility index (Phi) is 4.29. The molecule has 0 fully saturated rings. The number of halogens is 2. The normalized spacial score (nSPS) is 17.2. The predicted molar refractivity (Wildman–Crippen MR) is 81.2 cm³/mol. The zero-order chi connectivity index (χ0) is 14.7. The van der Waals surface area contributed by atoms with Gasteiger partial charge in [0.2, 0.25) is 0 Å². The van der Waals surface area contributed by atoms with Crippen molar-refractivity contribution in [2.45, 2.75) is 23.1 Å². The highest BCUT2D eigenvalue weighted by molar-refractivity contribution is 7.99. The van der Waals surface area contributed by atoms with Crippen LogP contribution in [0, 0.1) is 0 Å². The summed E-state index contributed by atoms with van der Waals surface area (Å²) >= 11 is 0.568. The van der Waals surface area contributed by atoms with Crippen molar-refractivity contribution in [3.63, 3.8) is 0 Å². The van der Waals surface area contributed by atoms with Crippen LogP contribution in [0.5, 0.6) is 5.75 Å². The van der Waals surface area contributed by atoms with Gasteiger partial charge >= 0.3 is 0 Å². The minimum atomic E-state index is -2.42. The molecule has 0 saturated heterocycles. The zero-order valence-electron chi connectivity index (χ0n) is 11.3. The maximum atomic E-state index is 12.6. The van der Waals surface area contributed by atoms with Crippen LogP contribution >= 0.6 is 11.8 Å². The van der Waals surface area contributed by atoms with Crippen molar-refractivity contribution in [2.75, 3.05) is 11.9 Å². The Bertz CT molecular complexity index is 621. The average molecular weight is 307 g/mol. The van der Waals surface area contributed by atoms with Gasteiger partial charge in [-0.15, -0.1) is 0 Å². The fraction of sp³-hybridized carbons (Fsp3) is 0.250. The zero-order valence-corrected chi connectivity index (χ0v) is 12.1. The van der Waals surface area contributed by atoms with Gasteiger partial charge in [0.15, 0.2) is 0 Å². The van der Waals surface area contributed by atoms with Crippen LogP contribution in [0.2, 0.25) is 0 Å². The van der Waals surface area contributed by atoms with Crippen LogP contribution in [0.15, 0.2) is 53.4 Å². The third kappa shape index (κ3) is 3.29. The maximum absolute atomic E-state index is 12.6. The number of anilines is 1. The molecule has 1 N–H and O–H groups in total. The molecule has 1 aliphatic heterocycles. The van der Waals surface area contributed by atoms with E-state index in [1.807, 2.05) is 36.4 Å². The lowest BCUT2D eigenvalue weighted by atomic mass is 10.0. The van der Waals surface area contributed by atoms with Crippen LogP contribution in [0.1, 0.15) is 18.0 Å². The lowest BCUT2D eigenvalue weighted by molar-refractivity contribution is 0.252. The molecule has 1 aliphatic rings. The molecule has 1 heterocycles. The molecular weight excluding hydrogens is 292 g/mol. The van der Waals surface area contributed by atoms with E-state index in [0.29, 0.717) is 23.3 Å². The molecule has 1 unspecified atom stereocenters. The standard InChI is InChI=1S/C16H15F2NOS/c17-16(18)21-15-8-4-2-6-13(15)19-12-9-10-20-14-7-3-1-5-11(12)14/h1-8,12,16,19H,9-10H2. The summed E-state index contributed by atoms with van der Waals surface area (Å²) in [5.74, 6) is -1.56. The SMILES string of the molecule is FC(F)Sc1ccccc1NC1CCOc2ccccc21. The highest BCUT2D eigenvalue weighted by Gasteiger charge is 2.22. The number of rotatable bonds is 4. The number of nitrogens with one attached hydrogen (secondary N) is 1. The number of alkyl halides is 2. The number of fused-ring (bicyclic) bond motifs is 1. The molecular formula is C16H15F2NOS. The maximum Gasteiger partial charge on any atom is 0.288 e. The summed E-state index contributed by atoms with van der Waals surface area (Å²) in [4.78, 5) is 0.566.